The summed E-state index contributed by atoms with van der Waals surface area (Å²) in [6.07, 6.45) is -1.13. The number of hydrogen-bond donors (Lipinski definition) is 1. The second-order valence-corrected chi connectivity index (χ2v) is 5.93. The van der Waals surface area contributed by atoms with Gasteiger partial charge in [0.25, 0.3) is 11.6 Å². The average molecular weight is 393 g/mol. The van der Waals surface area contributed by atoms with Gasteiger partial charge in [-0.25, -0.2) is 4.79 Å². The first-order valence-electron chi connectivity index (χ1n) is 7.70. The molecule has 1 heterocycles. The number of carbonyl (C=O) groups is 2. The summed E-state index contributed by atoms with van der Waals surface area (Å²) >= 11 is 5.93. The lowest BCUT2D eigenvalue weighted by molar-refractivity contribution is -0.384. The first-order chi connectivity index (χ1) is 12.8. The zero-order valence-electron chi connectivity index (χ0n) is 13.9. The molecular weight excluding hydrogens is 380 g/mol. The van der Waals surface area contributed by atoms with Gasteiger partial charge in [0.05, 0.1) is 21.2 Å². The molecule has 0 saturated carbocycles. The highest BCUT2D eigenvalue weighted by molar-refractivity contribution is 6.34. The number of esters is 1. The molecule has 1 amide bonds. The second kappa shape index (κ2) is 7.50. The van der Waals surface area contributed by atoms with Crippen molar-refractivity contribution in [3.8, 4) is 11.5 Å². The Kier molecular flexibility index (Phi) is 5.13. The molecule has 1 atom stereocenters. The number of amides is 1. The maximum atomic E-state index is 12.2. The van der Waals surface area contributed by atoms with Gasteiger partial charge in [-0.2, -0.15) is 0 Å². The van der Waals surface area contributed by atoms with Crippen LogP contribution in [0.5, 0.6) is 11.5 Å². The minimum atomic E-state index is -1.13. The van der Waals surface area contributed by atoms with Gasteiger partial charge < -0.3 is 19.5 Å². The number of rotatable bonds is 5. The smallest absolute Gasteiger partial charge is 0.339 e. The number of halogens is 1. The van der Waals surface area contributed by atoms with Crippen LogP contribution in [0.15, 0.2) is 36.4 Å². The summed E-state index contributed by atoms with van der Waals surface area (Å²) in [4.78, 5) is 34.5. The van der Waals surface area contributed by atoms with Gasteiger partial charge >= 0.3 is 5.97 Å². The van der Waals surface area contributed by atoms with Gasteiger partial charge in [-0.05, 0) is 31.2 Å². The lowest BCUT2D eigenvalue weighted by Crippen LogP contribution is -2.30. The molecule has 0 saturated heterocycles. The van der Waals surface area contributed by atoms with E-state index in [9.17, 15) is 19.7 Å². The van der Waals surface area contributed by atoms with Gasteiger partial charge in [-0.1, -0.05) is 11.6 Å². The zero-order valence-corrected chi connectivity index (χ0v) is 14.7. The average Bonchev–Trinajstić information content (AvgIpc) is 3.10. The Morgan fingerprint density at radius 1 is 1.22 bits per heavy atom. The van der Waals surface area contributed by atoms with E-state index in [1.807, 2.05) is 0 Å². The van der Waals surface area contributed by atoms with E-state index in [0.29, 0.717) is 11.5 Å². The first-order valence-corrected chi connectivity index (χ1v) is 8.08. The van der Waals surface area contributed by atoms with Crippen molar-refractivity contribution in [1.29, 1.82) is 0 Å². The molecule has 2 aromatic rings. The van der Waals surface area contributed by atoms with Crippen molar-refractivity contribution in [1.82, 2.24) is 0 Å². The molecule has 0 bridgehead atoms. The van der Waals surface area contributed by atoms with Gasteiger partial charge in [0.2, 0.25) is 6.79 Å². The molecule has 1 aliphatic heterocycles. The number of fused-ring (bicyclic) bond motifs is 1. The number of nitro groups is 1. The topological polar surface area (TPSA) is 117 Å². The lowest BCUT2D eigenvalue weighted by Gasteiger charge is -2.14. The van der Waals surface area contributed by atoms with Gasteiger partial charge in [0.15, 0.2) is 17.6 Å². The third kappa shape index (κ3) is 4.09. The van der Waals surface area contributed by atoms with Gasteiger partial charge in [-0.15, -0.1) is 0 Å². The molecule has 10 heteroatoms. The summed E-state index contributed by atoms with van der Waals surface area (Å²) in [5.41, 5.74) is 0.158. The molecule has 27 heavy (non-hydrogen) atoms. The van der Waals surface area contributed by atoms with E-state index in [0.717, 1.165) is 6.07 Å². The van der Waals surface area contributed by atoms with Crippen molar-refractivity contribution in [2.45, 2.75) is 13.0 Å². The third-order valence-electron chi connectivity index (χ3n) is 3.68. The first kappa shape index (κ1) is 18.5. The van der Waals surface area contributed by atoms with E-state index in [1.165, 1.54) is 31.2 Å². The summed E-state index contributed by atoms with van der Waals surface area (Å²) in [5.74, 6) is -0.421. The minimum absolute atomic E-state index is 0.00755. The number of anilines is 1. The molecule has 0 aromatic heterocycles. The maximum Gasteiger partial charge on any atom is 0.339 e. The summed E-state index contributed by atoms with van der Waals surface area (Å²) < 4.78 is 15.5. The van der Waals surface area contributed by atoms with Crippen molar-refractivity contribution in [2.24, 2.45) is 0 Å². The fourth-order valence-corrected chi connectivity index (χ4v) is 2.48. The number of ether oxygens (including phenoxy) is 3. The Bertz CT molecular complexity index is 931. The van der Waals surface area contributed by atoms with Crippen LogP contribution in [0.25, 0.3) is 0 Å². The molecule has 0 fully saturated rings. The van der Waals surface area contributed by atoms with E-state index in [4.69, 9.17) is 25.8 Å². The summed E-state index contributed by atoms with van der Waals surface area (Å²) in [6, 6.07) is 8.13. The monoisotopic (exact) mass is 392 g/mol. The van der Waals surface area contributed by atoms with Crippen LogP contribution in [0, 0.1) is 10.1 Å². The number of non-ortho nitro benzene ring substituents is 1. The predicted octanol–water partition coefficient (Wildman–Crippen LogP) is 3.16. The number of nitrogens with zero attached hydrogens (tertiary/aromatic N) is 1. The molecule has 9 nitrogen and oxygen atoms in total. The highest BCUT2D eigenvalue weighted by Crippen LogP contribution is 2.32. The fraction of sp³-hybridized carbons (Fsp3) is 0.176. The second-order valence-electron chi connectivity index (χ2n) is 5.53. The van der Waals surface area contributed by atoms with Crippen molar-refractivity contribution in [3.63, 3.8) is 0 Å². The molecular formula is C17H13ClN2O7. The van der Waals surface area contributed by atoms with Crippen LogP contribution in [-0.4, -0.2) is 29.7 Å². The Labute approximate surface area is 157 Å². The van der Waals surface area contributed by atoms with Crippen LogP contribution in [0.2, 0.25) is 5.02 Å². The van der Waals surface area contributed by atoms with Crippen LogP contribution >= 0.6 is 11.6 Å². The molecule has 2 aromatic carbocycles. The molecule has 3 rings (SSSR count). The highest BCUT2D eigenvalue weighted by Gasteiger charge is 2.22. The number of hydrogen-bond acceptors (Lipinski definition) is 7. The summed E-state index contributed by atoms with van der Waals surface area (Å²) in [7, 11) is 0. The molecule has 140 valence electrons. The summed E-state index contributed by atoms with van der Waals surface area (Å²) in [6.45, 7) is 1.46. The number of nitrogens with one attached hydrogen (secondary N) is 1. The fourth-order valence-electron chi connectivity index (χ4n) is 2.26. The van der Waals surface area contributed by atoms with E-state index >= 15 is 0 Å². The standard InChI is InChI=1S/C17H13ClN2O7/c1-9(16(21)19-13-4-3-11(20(23)24)7-12(13)18)27-17(22)10-2-5-14-15(6-10)26-8-25-14/h2-7,9H,8H2,1H3,(H,19,21)/t9-/m1/s1. The Morgan fingerprint density at radius 2 is 1.96 bits per heavy atom. The SMILES string of the molecule is C[C@@H](OC(=O)c1ccc2c(c1)OCO2)C(=O)Nc1ccc([N+](=O)[O-])cc1Cl. The quantitative estimate of drug-likeness (QED) is 0.471. The van der Waals surface area contributed by atoms with Gasteiger partial charge in [0.1, 0.15) is 0 Å². The molecule has 0 unspecified atom stereocenters. The van der Waals surface area contributed by atoms with Crippen LogP contribution in [-0.2, 0) is 9.53 Å². The number of nitro benzene ring substituents is 1. The van der Waals surface area contributed by atoms with Crippen LogP contribution < -0.4 is 14.8 Å². The number of benzene rings is 2. The molecule has 0 aliphatic carbocycles. The van der Waals surface area contributed by atoms with E-state index < -0.39 is 22.9 Å². The van der Waals surface area contributed by atoms with Gasteiger partial charge in [0, 0.05) is 12.1 Å². The van der Waals surface area contributed by atoms with Crippen LogP contribution in [0.1, 0.15) is 17.3 Å². The van der Waals surface area contributed by atoms with E-state index in [-0.39, 0.29) is 28.8 Å². The Balaban J connectivity index is 1.64. The van der Waals surface area contributed by atoms with Crippen molar-refractivity contribution in [2.75, 3.05) is 12.1 Å². The maximum absolute atomic E-state index is 12.2. The number of carbonyl (C=O) groups excluding carboxylic acids is 2. The molecule has 0 radical (unpaired) electrons. The normalized spacial score (nSPS) is 13.0. The molecule has 1 aliphatic rings. The third-order valence-corrected chi connectivity index (χ3v) is 4.00. The Hall–Kier alpha value is -3.33. The van der Waals surface area contributed by atoms with Crippen LogP contribution in [0.4, 0.5) is 11.4 Å². The molecule has 1 N–H and O–H groups in total. The van der Waals surface area contributed by atoms with E-state index in [2.05, 4.69) is 5.32 Å². The Morgan fingerprint density at radius 3 is 2.67 bits per heavy atom. The van der Waals surface area contributed by atoms with Crippen molar-refractivity contribution in [3.05, 3.63) is 57.1 Å². The van der Waals surface area contributed by atoms with Crippen LogP contribution in [0.3, 0.4) is 0 Å². The largest absolute Gasteiger partial charge is 0.454 e. The zero-order chi connectivity index (χ0) is 19.6. The van der Waals surface area contributed by atoms with Crippen molar-refractivity contribution >= 4 is 34.9 Å². The highest BCUT2D eigenvalue weighted by atomic mass is 35.5. The van der Waals surface area contributed by atoms with E-state index in [1.54, 1.807) is 6.07 Å². The predicted molar refractivity (Wildman–Crippen MR) is 94.2 cm³/mol. The van der Waals surface area contributed by atoms with Gasteiger partial charge in [-0.3, -0.25) is 14.9 Å². The minimum Gasteiger partial charge on any atom is -0.454 e. The van der Waals surface area contributed by atoms with Crippen molar-refractivity contribution < 1.29 is 28.7 Å². The summed E-state index contributed by atoms with van der Waals surface area (Å²) in [5, 5.41) is 13.2. The molecule has 0 spiro atoms. The lowest BCUT2D eigenvalue weighted by atomic mass is 10.2.